The van der Waals surface area contributed by atoms with Crippen molar-refractivity contribution in [2.24, 2.45) is 5.92 Å². The van der Waals surface area contributed by atoms with E-state index in [1.165, 1.54) is 0 Å². The molecule has 1 N–H and O–H groups in total. The number of rotatable bonds is 6. The molecule has 188 valence electrons. The Morgan fingerprint density at radius 3 is 3.05 bits per heavy atom. The SMILES string of the molecule is CCn1cc(-c2n[nH]c3ccc(-c4nnc([C@H]5CCCN(CC6=C[C@H]7CC=CC=C7O6)C5)o4)cc23)cn1. The molecule has 9 heteroatoms. The van der Waals surface area contributed by atoms with Gasteiger partial charge in [-0.15, -0.1) is 10.2 Å². The largest absolute Gasteiger partial charge is 0.464 e. The van der Waals surface area contributed by atoms with E-state index >= 15 is 0 Å². The van der Waals surface area contributed by atoms with Crippen LogP contribution in [-0.4, -0.2) is 54.7 Å². The number of likely N-dealkylation sites (tertiary alicyclic amines) is 1. The molecule has 0 bridgehead atoms. The number of benzene rings is 1. The zero-order chi connectivity index (χ0) is 24.8. The smallest absolute Gasteiger partial charge is 0.247 e. The van der Waals surface area contributed by atoms with Crippen LogP contribution in [0.4, 0.5) is 0 Å². The van der Waals surface area contributed by atoms with Crippen molar-refractivity contribution in [1.29, 1.82) is 0 Å². The van der Waals surface area contributed by atoms with Crippen LogP contribution in [-0.2, 0) is 11.3 Å². The highest BCUT2D eigenvalue weighted by Crippen LogP contribution is 2.35. The van der Waals surface area contributed by atoms with Gasteiger partial charge in [-0.25, -0.2) is 0 Å². The van der Waals surface area contributed by atoms with Crippen LogP contribution in [0.2, 0.25) is 0 Å². The summed E-state index contributed by atoms with van der Waals surface area (Å²) in [5.74, 6) is 3.99. The lowest BCUT2D eigenvalue weighted by Crippen LogP contribution is -2.35. The molecular formula is C28H29N7O2. The van der Waals surface area contributed by atoms with Crippen molar-refractivity contribution < 1.29 is 9.15 Å². The average molecular weight is 496 g/mol. The van der Waals surface area contributed by atoms with Crippen molar-refractivity contribution in [1.82, 2.24) is 35.1 Å². The highest BCUT2D eigenvalue weighted by molar-refractivity contribution is 5.94. The monoisotopic (exact) mass is 495 g/mol. The van der Waals surface area contributed by atoms with Crippen molar-refractivity contribution >= 4 is 10.9 Å². The fourth-order valence-corrected chi connectivity index (χ4v) is 5.55. The Morgan fingerprint density at radius 1 is 1.19 bits per heavy atom. The number of hydrogen-bond acceptors (Lipinski definition) is 7. The minimum atomic E-state index is 0.216. The van der Waals surface area contributed by atoms with Crippen LogP contribution in [0.1, 0.15) is 38.0 Å². The fraction of sp³-hybridized carbons (Fsp3) is 0.357. The Labute approximate surface area is 214 Å². The fourth-order valence-electron chi connectivity index (χ4n) is 5.55. The first-order valence-corrected chi connectivity index (χ1v) is 13.1. The Morgan fingerprint density at radius 2 is 2.16 bits per heavy atom. The molecule has 3 aliphatic rings. The summed E-state index contributed by atoms with van der Waals surface area (Å²) in [6.07, 6.45) is 15.7. The second kappa shape index (κ2) is 9.15. The van der Waals surface area contributed by atoms with E-state index in [-0.39, 0.29) is 5.92 Å². The standard InChI is InChI=1S/C28H29N7O2/c1-2-35-16-21(14-29-35)26-23-13-19(9-10-24(23)30-31-26)27-32-33-28(37-27)20-7-5-11-34(15-20)17-22-12-18-6-3-4-8-25(18)36-22/h3-4,8-10,12-14,16,18,20H,2,5-7,11,15,17H2,1H3,(H,30,31)/t18-,20+/m1/s1. The molecule has 4 aromatic rings. The molecule has 37 heavy (non-hydrogen) atoms. The minimum absolute atomic E-state index is 0.216. The topological polar surface area (TPSA) is 97.9 Å². The lowest BCUT2D eigenvalue weighted by atomic mass is 9.97. The number of hydrogen-bond donors (Lipinski definition) is 1. The van der Waals surface area contributed by atoms with Crippen molar-refractivity contribution in [2.75, 3.05) is 19.6 Å². The van der Waals surface area contributed by atoms with Gasteiger partial charge in [0.1, 0.15) is 17.2 Å². The third kappa shape index (κ3) is 4.19. The summed E-state index contributed by atoms with van der Waals surface area (Å²) >= 11 is 0. The third-order valence-electron chi connectivity index (χ3n) is 7.50. The van der Waals surface area contributed by atoms with Crippen LogP contribution in [0.25, 0.3) is 33.6 Å². The van der Waals surface area contributed by atoms with E-state index in [0.29, 0.717) is 17.7 Å². The molecule has 2 atom stereocenters. The van der Waals surface area contributed by atoms with E-state index in [1.54, 1.807) is 0 Å². The quantitative estimate of drug-likeness (QED) is 0.400. The van der Waals surface area contributed by atoms with Gasteiger partial charge in [0.15, 0.2) is 0 Å². The Balaban J connectivity index is 1.08. The van der Waals surface area contributed by atoms with Gasteiger partial charge in [-0.2, -0.15) is 10.2 Å². The van der Waals surface area contributed by atoms with Gasteiger partial charge in [0.2, 0.25) is 11.8 Å². The molecule has 0 unspecified atom stereocenters. The maximum atomic E-state index is 6.24. The summed E-state index contributed by atoms with van der Waals surface area (Å²) in [7, 11) is 0. The number of H-pyrrole nitrogens is 1. The van der Waals surface area contributed by atoms with Crippen molar-refractivity contribution in [3.8, 4) is 22.7 Å². The molecule has 0 radical (unpaired) electrons. The zero-order valence-corrected chi connectivity index (χ0v) is 20.8. The first-order valence-electron chi connectivity index (χ1n) is 13.1. The summed E-state index contributed by atoms with van der Waals surface area (Å²) in [6.45, 7) is 5.64. The summed E-state index contributed by atoms with van der Waals surface area (Å²) in [6, 6.07) is 6.07. The van der Waals surface area contributed by atoms with Gasteiger partial charge in [0.05, 0.1) is 24.2 Å². The molecule has 0 amide bonds. The summed E-state index contributed by atoms with van der Waals surface area (Å²) in [4.78, 5) is 2.44. The number of aromatic amines is 1. The van der Waals surface area contributed by atoms with Gasteiger partial charge < -0.3 is 9.15 Å². The van der Waals surface area contributed by atoms with Gasteiger partial charge >= 0.3 is 0 Å². The number of fused-ring (bicyclic) bond motifs is 2. The second-order valence-corrected chi connectivity index (χ2v) is 10.0. The first-order chi connectivity index (χ1) is 18.2. The molecule has 1 saturated heterocycles. The van der Waals surface area contributed by atoms with E-state index in [0.717, 1.165) is 84.7 Å². The van der Waals surface area contributed by atoms with E-state index in [9.17, 15) is 0 Å². The van der Waals surface area contributed by atoms with Gasteiger partial charge in [0, 0.05) is 41.7 Å². The number of allylic oxidation sites excluding steroid dienone is 4. The van der Waals surface area contributed by atoms with Crippen LogP contribution < -0.4 is 0 Å². The van der Waals surface area contributed by atoms with Gasteiger partial charge in [-0.3, -0.25) is 14.7 Å². The molecular weight excluding hydrogens is 466 g/mol. The van der Waals surface area contributed by atoms with Gasteiger partial charge in [0.25, 0.3) is 0 Å². The van der Waals surface area contributed by atoms with E-state index < -0.39 is 0 Å². The maximum Gasteiger partial charge on any atom is 0.247 e. The highest BCUT2D eigenvalue weighted by atomic mass is 16.5. The average Bonchev–Trinajstić information content (AvgIpc) is 3.73. The molecule has 3 aromatic heterocycles. The van der Waals surface area contributed by atoms with Crippen LogP contribution in [0, 0.1) is 5.92 Å². The number of nitrogens with zero attached hydrogens (tertiary/aromatic N) is 6. The molecule has 0 spiro atoms. The Bertz CT molecular complexity index is 1540. The first kappa shape index (κ1) is 22.2. The molecule has 1 fully saturated rings. The minimum Gasteiger partial charge on any atom is -0.464 e. The predicted molar refractivity (Wildman–Crippen MR) is 139 cm³/mol. The lowest BCUT2D eigenvalue weighted by molar-refractivity contribution is 0.176. The summed E-state index contributed by atoms with van der Waals surface area (Å²) < 4.78 is 14.2. The van der Waals surface area contributed by atoms with Crippen molar-refractivity contribution in [3.63, 3.8) is 0 Å². The Hall–Kier alpha value is -3.98. The summed E-state index contributed by atoms with van der Waals surface area (Å²) in [5, 5.41) is 21.9. The molecule has 7 rings (SSSR count). The number of nitrogens with one attached hydrogen (secondary N) is 1. The molecule has 1 aromatic carbocycles. The molecule has 9 nitrogen and oxygen atoms in total. The highest BCUT2D eigenvalue weighted by Gasteiger charge is 2.29. The summed E-state index contributed by atoms with van der Waals surface area (Å²) in [5.41, 5.74) is 3.69. The van der Waals surface area contributed by atoms with Gasteiger partial charge in [-0.05, 0) is 63.1 Å². The van der Waals surface area contributed by atoms with Crippen molar-refractivity contribution in [2.45, 2.75) is 38.6 Å². The zero-order valence-electron chi connectivity index (χ0n) is 20.8. The van der Waals surface area contributed by atoms with E-state index in [2.05, 4.69) is 67.7 Å². The predicted octanol–water partition coefficient (Wildman–Crippen LogP) is 5.05. The normalized spacial score (nSPS) is 21.6. The molecule has 5 heterocycles. The van der Waals surface area contributed by atoms with Crippen molar-refractivity contribution in [3.05, 3.63) is 72.3 Å². The lowest BCUT2D eigenvalue weighted by Gasteiger charge is -2.30. The Kier molecular flexibility index (Phi) is 5.50. The van der Waals surface area contributed by atoms with Crippen LogP contribution >= 0.6 is 0 Å². The van der Waals surface area contributed by atoms with E-state index in [1.807, 2.05) is 29.2 Å². The van der Waals surface area contributed by atoms with E-state index in [4.69, 9.17) is 9.15 Å². The maximum absolute atomic E-state index is 6.24. The molecule has 2 aliphatic heterocycles. The third-order valence-corrected chi connectivity index (χ3v) is 7.50. The number of ether oxygens (including phenoxy) is 1. The molecule has 0 saturated carbocycles. The number of piperidine rings is 1. The van der Waals surface area contributed by atoms with Crippen LogP contribution in [0.15, 0.2) is 70.8 Å². The number of aromatic nitrogens is 6. The molecule has 1 aliphatic carbocycles. The van der Waals surface area contributed by atoms with Crippen LogP contribution in [0.5, 0.6) is 0 Å². The second-order valence-electron chi connectivity index (χ2n) is 10.0. The van der Waals surface area contributed by atoms with Gasteiger partial charge in [-0.1, -0.05) is 12.2 Å². The van der Waals surface area contributed by atoms with Crippen LogP contribution in [0.3, 0.4) is 0 Å². The number of aryl methyl sites for hydroxylation is 1.